The lowest BCUT2D eigenvalue weighted by atomic mass is 10.0. The zero-order valence-corrected chi connectivity index (χ0v) is 12.7. The minimum absolute atomic E-state index is 0.271. The second kappa shape index (κ2) is 7.70. The minimum atomic E-state index is -0.715. The smallest absolute Gasteiger partial charge is 0.0329 e. The van der Waals surface area contributed by atoms with Crippen LogP contribution >= 0.6 is 0 Å². The number of nitrogens with one attached hydrogen (secondary N) is 1. The summed E-state index contributed by atoms with van der Waals surface area (Å²) in [6.45, 7) is 7.27. The first-order valence-electron chi connectivity index (χ1n) is 6.66. The minimum Gasteiger partial charge on any atom is -0.310 e. The summed E-state index contributed by atoms with van der Waals surface area (Å²) in [5.41, 5.74) is 2.64. The van der Waals surface area contributed by atoms with Crippen LogP contribution in [0.4, 0.5) is 0 Å². The summed E-state index contributed by atoms with van der Waals surface area (Å²) in [6, 6.07) is 9.10. The molecule has 0 saturated heterocycles. The van der Waals surface area contributed by atoms with Crippen LogP contribution in [-0.4, -0.2) is 22.3 Å². The van der Waals surface area contributed by atoms with Crippen LogP contribution in [0.25, 0.3) is 0 Å². The summed E-state index contributed by atoms with van der Waals surface area (Å²) in [5, 5.41) is 3.83. The molecular weight excluding hydrogens is 242 g/mol. The summed E-state index contributed by atoms with van der Waals surface area (Å²) >= 11 is 0. The van der Waals surface area contributed by atoms with E-state index in [-0.39, 0.29) is 5.25 Å². The van der Waals surface area contributed by atoms with Crippen molar-refractivity contribution in [3.63, 3.8) is 0 Å². The van der Waals surface area contributed by atoms with E-state index < -0.39 is 10.8 Å². The number of benzene rings is 1. The number of rotatable bonds is 7. The van der Waals surface area contributed by atoms with Gasteiger partial charge in [-0.2, -0.15) is 0 Å². The monoisotopic (exact) mass is 267 g/mol. The van der Waals surface area contributed by atoms with Crippen LogP contribution in [-0.2, 0) is 10.8 Å². The molecule has 0 aromatic heterocycles. The average molecular weight is 267 g/mol. The molecule has 0 saturated carbocycles. The lowest BCUT2D eigenvalue weighted by molar-refractivity contribution is 0.508. The first-order chi connectivity index (χ1) is 8.54. The van der Waals surface area contributed by atoms with Crippen molar-refractivity contribution in [2.75, 3.05) is 12.8 Å². The summed E-state index contributed by atoms with van der Waals surface area (Å²) in [4.78, 5) is 0. The summed E-state index contributed by atoms with van der Waals surface area (Å²) in [7, 11) is -0.715. The Morgan fingerprint density at radius 1 is 1.28 bits per heavy atom. The highest BCUT2D eigenvalue weighted by atomic mass is 32.2. The van der Waals surface area contributed by atoms with Gasteiger partial charge in [-0.05, 0) is 31.9 Å². The first kappa shape index (κ1) is 15.4. The fourth-order valence-corrected chi connectivity index (χ4v) is 2.37. The molecule has 2 nitrogen and oxygen atoms in total. The van der Waals surface area contributed by atoms with Gasteiger partial charge in [0.1, 0.15) is 0 Å². The Hall–Kier alpha value is -0.670. The lowest BCUT2D eigenvalue weighted by Crippen LogP contribution is -2.25. The quantitative estimate of drug-likeness (QED) is 0.822. The Labute approximate surface area is 114 Å². The van der Waals surface area contributed by atoms with Gasteiger partial charge in [-0.15, -0.1) is 0 Å². The third kappa shape index (κ3) is 4.91. The zero-order valence-electron chi connectivity index (χ0n) is 11.9. The standard InChI is InChI=1S/C15H25NOS/c1-5-15(14-8-6-12(2)7-9-14)16-11-10-13(3)18(4)17/h6-9,13,15-16H,5,10-11H2,1-4H3. The summed E-state index contributed by atoms with van der Waals surface area (Å²) in [5.74, 6) is 0. The van der Waals surface area contributed by atoms with Crippen molar-refractivity contribution in [2.24, 2.45) is 0 Å². The molecule has 0 spiro atoms. The molecule has 3 atom stereocenters. The van der Waals surface area contributed by atoms with E-state index in [1.165, 1.54) is 11.1 Å². The molecule has 3 heteroatoms. The first-order valence-corrected chi connectivity index (χ1v) is 8.29. The van der Waals surface area contributed by atoms with Crippen molar-refractivity contribution < 1.29 is 4.21 Å². The van der Waals surface area contributed by atoms with E-state index in [4.69, 9.17) is 0 Å². The molecule has 1 aromatic carbocycles. The highest BCUT2D eigenvalue weighted by Gasteiger charge is 2.10. The van der Waals surface area contributed by atoms with E-state index in [1.807, 2.05) is 6.92 Å². The molecule has 0 aliphatic rings. The zero-order chi connectivity index (χ0) is 13.5. The fraction of sp³-hybridized carbons (Fsp3) is 0.600. The molecule has 1 aromatic rings. The van der Waals surface area contributed by atoms with Gasteiger partial charge < -0.3 is 5.32 Å². The molecule has 0 amide bonds. The number of hydrogen-bond donors (Lipinski definition) is 1. The van der Waals surface area contributed by atoms with E-state index in [2.05, 4.69) is 43.4 Å². The van der Waals surface area contributed by atoms with Gasteiger partial charge in [-0.3, -0.25) is 4.21 Å². The van der Waals surface area contributed by atoms with Crippen molar-refractivity contribution in [1.29, 1.82) is 0 Å². The highest BCUT2D eigenvalue weighted by molar-refractivity contribution is 7.84. The van der Waals surface area contributed by atoms with E-state index in [1.54, 1.807) is 6.26 Å². The van der Waals surface area contributed by atoms with Gasteiger partial charge in [-0.25, -0.2) is 0 Å². The molecule has 0 bridgehead atoms. The van der Waals surface area contributed by atoms with E-state index in [0.29, 0.717) is 6.04 Å². The second-order valence-electron chi connectivity index (χ2n) is 4.92. The van der Waals surface area contributed by atoms with Crippen LogP contribution in [0.2, 0.25) is 0 Å². The van der Waals surface area contributed by atoms with Gasteiger partial charge in [0.25, 0.3) is 0 Å². The number of hydrogen-bond acceptors (Lipinski definition) is 2. The lowest BCUT2D eigenvalue weighted by Gasteiger charge is -2.18. The van der Waals surface area contributed by atoms with Crippen molar-refractivity contribution in [3.05, 3.63) is 35.4 Å². The predicted molar refractivity (Wildman–Crippen MR) is 80.4 cm³/mol. The van der Waals surface area contributed by atoms with Crippen molar-refractivity contribution >= 4 is 10.8 Å². The van der Waals surface area contributed by atoms with Gasteiger partial charge in [0.15, 0.2) is 0 Å². The van der Waals surface area contributed by atoms with Crippen LogP contribution < -0.4 is 5.32 Å². The van der Waals surface area contributed by atoms with E-state index in [9.17, 15) is 4.21 Å². The van der Waals surface area contributed by atoms with Crippen LogP contribution in [0.15, 0.2) is 24.3 Å². The van der Waals surface area contributed by atoms with Crippen LogP contribution in [0, 0.1) is 6.92 Å². The molecule has 1 N–H and O–H groups in total. The molecule has 0 radical (unpaired) electrons. The van der Waals surface area contributed by atoms with Gasteiger partial charge in [0, 0.05) is 28.3 Å². The summed E-state index contributed by atoms with van der Waals surface area (Å²) < 4.78 is 11.3. The molecule has 18 heavy (non-hydrogen) atoms. The van der Waals surface area contributed by atoms with Crippen LogP contribution in [0.1, 0.15) is 43.9 Å². The molecular formula is C15H25NOS. The average Bonchev–Trinajstić information content (AvgIpc) is 2.35. The molecule has 0 aliphatic carbocycles. The van der Waals surface area contributed by atoms with Gasteiger partial charge in [-0.1, -0.05) is 43.7 Å². The van der Waals surface area contributed by atoms with Crippen LogP contribution in [0.5, 0.6) is 0 Å². The van der Waals surface area contributed by atoms with Crippen LogP contribution in [0.3, 0.4) is 0 Å². The second-order valence-corrected chi connectivity index (χ2v) is 6.73. The normalized spacial score (nSPS) is 16.2. The topological polar surface area (TPSA) is 29.1 Å². The van der Waals surface area contributed by atoms with Gasteiger partial charge >= 0.3 is 0 Å². The largest absolute Gasteiger partial charge is 0.310 e. The predicted octanol–water partition coefficient (Wildman–Crippen LogP) is 3.19. The fourth-order valence-electron chi connectivity index (χ4n) is 1.92. The molecule has 0 fully saturated rings. The summed E-state index contributed by atoms with van der Waals surface area (Å²) in [6.07, 6.45) is 3.82. The third-order valence-electron chi connectivity index (χ3n) is 3.40. The maximum Gasteiger partial charge on any atom is 0.0329 e. The molecule has 0 heterocycles. The Bertz CT molecular complexity index is 375. The molecule has 102 valence electrons. The Kier molecular flexibility index (Phi) is 6.58. The van der Waals surface area contributed by atoms with Crippen molar-refractivity contribution in [1.82, 2.24) is 5.32 Å². The third-order valence-corrected chi connectivity index (χ3v) is 4.77. The highest BCUT2D eigenvalue weighted by Crippen LogP contribution is 2.17. The van der Waals surface area contributed by atoms with Crippen molar-refractivity contribution in [3.8, 4) is 0 Å². The molecule has 3 unspecified atom stereocenters. The van der Waals surface area contributed by atoms with Gasteiger partial charge in [0.05, 0.1) is 0 Å². The SMILES string of the molecule is CCC(NCCC(C)S(C)=O)c1ccc(C)cc1. The molecule has 1 rings (SSSR count). The Balaban J connectivity index is 2.47. The molecule has 0 aliphatic heterocycles. The Morgan fingerprint density at radius 3 is 2.39 bits per heavy atom. The maximum atomic E-state index is 11.3. The van der Waals surface area contributed by atoms with E-state index in [0.717, 1.165) is 19.4 Å². The van der Waals surface area contributed by atoms with Crippen molar-refractivity contribution in [2.45, 2.75) is 44.9 Å². The van der Waals surface area contributed by atoms with E-state index >= 15 is 0 Å². The Morgan fingerprint density at radius 2 is 1.89 bits per heavy atom. The number of aryl methyl sites for hydroxylation is 1. The van der Waals surface area contributed by atoms with Gasteiger partial charge in [0.2, 0.25) is 0 Å². The maximum absolute atomic E-state index is 11.3.